The Kier molecular flexibility index (Phi) is 4.37. The minimum atomic E-state index is -0.472. The van der Waals surface area contributed by atoms with E-state index in [9.17, 15) is 9.59 Å². The molecule has 0 saturated carbocycles. The molecule has 1 N–H and O–H groups in total. The van der Waals surface area contributed by atoms with E-state index in [2.05, 4.69) is 15.2 Å². The molecule has 1 fully saturated rings. The lowest BCUT2D eigenvalue weighted by molar-refractivity contribution is 0.102. The van der Waals surface area contributed by atoms with Gasteiger partial charge in [0, 0.05) is 36.9 Å². The molecule has 4 rings (SSSR count). The summed E-state index contributed by atoms with van der Waals surface area (Å²) in [6.45, 7) is 3.14. The molecule has 132 valence electrons. The quantitative estimate of drug-likeness (QED) is 0.779. The third-order valence-electron chi connectivity index (χ3n) is 4.36. The molecule has 26 heavy (non-hydrogen) atoms. The Bertz CT molecular complexity index is 992. The summed E-state index contributed by atoms with van der Waals surface area (Å²) in [5, 5.41) is 2.76. The number of anilines is 2. The fraction of sp³-hybridized carbons (Fsp3) is 0.211. The summed E-state index contributed by atoms with van der Waals surface area (Å²) in [5.41, 5.74) is 1.83. The molecule has 0 unspecified atom stereocenters. The van der Waals surface area contributed by atoms with Crippen LogP contribution in [0.2, 0.25) is 0 Å². The largest absolute Gasteiger partial charge is 0.378 e. The van der Waals surface area contributed by atoms with Gasteiger partial charge in [-0.05, 0) is 36.4 Å². The second kappa shape index (κ2) is 6.97. The smallest absolute Gasteiger partial charge is 0.270 e. The van der Waals surface area contributed by atoms with Gasteiger partial charge in [-0.25, -0.2) is 4.98 Å². The van der Waals surface area contributed by atoms with Crippen LogP contribution in [-0.4, -0.2) is 41.6 Å². The van der Waals surface area contributed by atoms with Gasteiger partial charge in [0.15, 0.2) is 0 Å². The van der Waals surface area contributed by atoms with Crippen LogP contribution in [0.15, 0.2) is 59.7 Å². The van der Waals surface area contributed by atoms with E-state index >= 15 is 0 Å². The van der Waals surface area contributed by atoms with E-state index in [0.717, 1.165) is 32.0 Å². The van der Waals surface area contributed by atoms with Crippen molar-refractivity contribution < 1.29 is 9.53 Å². The molecule has 1 aromatic carbocycles. The summed E-state index contributed by atoms with van der Waals surface area (Å²) < 4.78 is 6.71. The monoisotopic (exact) mass is 350 g/mol. The SMILES string of the molecule is O=C(Nc1ccc(N2CCOCC2)cc1)c1cnc2ccccn2c1=O. The molecule has 1 aliphatic rings. The van der Waals surface area contributed by atoms with Gasteiger partial charge in [0.25, 0.3) is 11.5 Å². The number of nitrogens with zero attached hydrogens (tertiary/aromatic N) is 3. The van der Waals surface area contributed by atoms with Crippen molar-refractivity contribution in [1.82, 2.24) is 9.38 Å². The maximum atomic E-state index is 12.5. The standard InChI is InChI=1S/C19H18N4O3/c24-18(16-13-20-17-3-1-2-8-23(17)19(16)25)21-14-4-6-15(7-5-14)22-9-11-26-12-10-22/h1-8,13H,9-12H2,(H,21,24). The molecule has 1 aliphatic heterocycles. The summed E-state index contributed by atoms with van der Waals surface area (Å²) in [6, 6.07) is 12.8. The third kappa shape index (κ3) is 3.16. The van der Waals surface area contributed by atoms with Crippen LogP contribution in [0, 0.1) is 0 Å². The van der Waals surface area contributed by atoms with Crippen molar-refractivity contribution in [2.75, 3.05) is 36.5 Å². The topological polar surface area (TPSA) is 75.9 Å². The van der Waals surface area contributed by atoms with Crippen molar-refractivity contribution in [1.29, 1.82) is 0 Å². The molecule has 0 atom stereocenters. The molecule has 0 bridgehead atoms. The zero-order valence-corrected chi connectivity index (χ0v) is 14.1. The van der Waals surface area contributed by atoms with E-state index < -0.39 is 11.5 Å². The Morgan fingerprint density at radius 1 is 1.08 bits per heavy atom. The number of ether oxygens (including phenoxy) is 1. The first-order valence-electron chi connectivity index (χ1n) is 8.43. The second-order valence-corrected chi connectivity index (χ2v) is 6.01. The number of pyridine rings is 1. The van der Waals surface area contributed by atoms with Gasteiger partial charge in [-0.1, -0.05) is 6.07 Å². The highest BCUT2D eigenvalue weighted by Gasteiger charge is 2.14. The fourth-order valence-electron chi connectivity index (χ4n) is 2.96. The zero-order valence-electron chi connectivity index (χ0n) is 14.1. The van der Waals surface area contributed by atoms with Crippen molar-refractivity contribution in [2.24, 2.45) is 0 Å². The van der Waals surface area contributed by atoms with Gasteiger partial charge in [-0.3, -0.25) is 14.0 Å². The van der Waals surface area contributed by atoms with Crippen LogP contribution in [0.25, 0.3) is 5.65 Å². The summed E-state index contributed by atoms with van der Waals surface area (Å²) >= 11 is 0. The van der Waals surface area contributed by atoms with Crippen molar-refractivity contribution in [3.8, 4) is 0 Å². The Labute approximate surface area is 149 Å². The molecule has 1 amide bonds. The minimum Gasteiger partial charge on any atom is -0.378 e. The third-order valence-corrected chi connectivity index (χ3v) is 4.36. The summed E-state index contributed by atoms with van der Waals surface area (Å²) in [4.78, 5) is 31.3. The van der Waals surface area contributed by atoms with Crippen molar-refractivity contribution >= 4 is 22.9 Å². The summed E-state index contributed by atoms with van der Waals surface area (Å²) in [7, 11) is 0. The Morgan fingerprint density at radius 2 is 1.85 bits per heavy atom. The van der Waals surface area contributed by atoms with Crippen molar-refractivity contribution in [3.05, 3.63) is 70.8 Å². The number of hydrogen-bond acceptors (Lipinski definition) is 5. The minimum absolute atomic E-state index is 0.00551. The molecule has 2 aromatic heterocycles. The van der Waals surface area contributed by atoms with E-state index in [1.54, 1.807) is 24.4 Å². The maximum absolute atomic E-state index is 12.5. The second-order valence-electron chi connectivity index (χ2n) is 6.01. The molecule has 3 heterocycles. The van der Waals surface area contributed by atoms with Crippen LogP contribution in [-0.2, 0) is 4.74 Å². The van der Waals surface area contributed by atoms with E-state index in [4.69, 9.17) is 4.74 Å². The lowest BCUT2D eigenvalue weighted by Crippen LogP contribution is -2.36. The van der Waals surface area contributed by atoms with Gasteiger partial charge in [-0.15, -0.1) is 0 Å². The first kappa shape index (κ1) is 16.3. The van der Waals surface area contributed by atoms with Crippen molar-refractivity contribution in [2.45, 2.75) is 0 Å². The number of carbonyl (C=O) groups excluding carboxylic acids is 1. The van der Waals surface area contributed by atoms with Gasteiger partial charge in [0.2, 0.25) is 0 Å². The lowest BCUT2D eigenvalue weighted by Gasteiger charge is -2.28. The molecule has 0 aliphatic carbocycles. The van der Waals surface area contributed by atoms with Crippen LogP contribution in [0.5, 0.6) is 0 Å². The van der Waals surface area contributed by atoms with E-state index in [0.29, 0.717) is 11.3 Å². The number of benzene rings is 1. The molecule has 7 heteroatoms. The number of fused-ring (bicyclic) bond motifs is 1. The Morgan fingerprint density at radius 3 is 2.62 bits per heavy atom. The molecule has 0 radical (unpaired) electrons. The first-order valence-corrected chi connectivity index (χ1v) is 8.43. The van der Waals surface area contributed by atoms with E-state index in [-0.39, 0.29) is 5.56 Å². The summed E-state index contributed by atoms with van der Waals surface area (Å²) in [5.74, 6) is -0.472. The number of nitrogens with one attached hydrogen (secondary N) is 1. The number of rotatable bonds is 3. The maximum Gasteiger partial charge on any atom is 0.270 e. The number of hydrogen-bond donors (Lipinski definition) is 1. The fourth-order valence-corrected chi connectivity index (χ4v) is 2.96. The number of morpholine rings is 1. The molecular formula is C19H18N4O3. The average Bonchev–Trinajstić information content (AvgIpc) is 2.69. The first-order chi connectivity index (χ1) is 12.7. The highest BCUT2D eigenvalue weighted by Crippen LogP contribution is 2.19. The van der Waals surface area contributed by atoms with Crippen molar-refractivity contribution in [3.63, 3.8) is 0 Å². The van der Waals surface area contributed by atoms with Crippen LogP contribution in [0.3, 0.4) is 0 Å². The normalized spacial score (nSPS) is 14.4. The van der Waals surface area contributed by atoms with Crippen LogP contribution < -0.4 is 15.8 Å². The van der Waals surface area contributed by atoms with Gasteiger partial charge in [-0.2, -0.15) is 0 Å². The number of carbonyl (C=O) groups is 1. The number of amides is 1. The van der Waals surface area contributed by atoms with Crippen LogP contribution in [0.4, 0.5) is 11.4 Å². The predicted molar refractivity (Wildman–Crippen MR) is 98.9 cm³/mol. The van der Waals surface area contributed by atoms with Gasteiger partial charge < -0.3 is 15.0 Å². The average molecular weight is 350 g/mol. The molecule has 3 aromatic rings. The lowest BCUT2D eigenvalue weighted by atomic mass is 10.2. The zero-order chi connectivity index (χ0) is 17.9. The number of aromatic nitrogens is 2. The van der Waals surface area contributed by atoms with Gasteiger partial charge in [0.1, 0.15) is 11.2 Å². The van der Waals surface area contributed by atoms with E-state index in [1.165, 1.54) is 10.6 Å². The molecule has 7 nitrogen and oxygen atoms in total. The predicted octanol–water partition coefficient (Wildman–Crippen LogP) is 1.78. The highest BCUT2D eigenvalue weighted by molar-refractivity contribution is 6.04. The summed E-state index contributed by atoms with van der Waals surface area (Å²) in [6.07, 6.45) is 2.91. The molecular weight excluding hydrogens is 332 g/mol. The Balaban J connectivity index is 1.53. The molecule has 0 spiro atoms. The highest BCUT2D eigenvalue weighted by atomic mass is 16.5. The van der Waals surface area contributed by atoms with Crippen LogP contribution >= 0.6 is 0 Å². The van der Waals surface area contributed by atoms with Gasteiger partial charge in [0.05, 0.1) is 13.2 Å². The van der Waals surface area contributed by atoms with E-state index in [1.807, 2.05) is 24.3 Å². The van der Waals surface area contributed by atoms with Crippen LogP contribution in [0.1, 0.15) is 10.4 Å². The van der Waals surface area contributed by atoms with Gasteiger partial charge >= 0.3 is 0 Å². The Hall–Kier alpha value is -3.19. The molecule has 1 saturated heterocycles.